The average molecular weight is 338 g/mol. The fourth-order valence-electron chi connectivity index (χ4n) is 1.52. The normalized spacial score (nSPS) is 10.1. The number of hydrogen-bond donors (Lipinski definition) is 2. The molecule has 0 saturated heterocycles. The van der Waals surface area contributed by atoms with Crippen LogP contribution in [0, 0.1) is 10.1 Å². The van der Waals surface area contributed by atoms with Crippen molar-refractivity contribution in [2.45, 2.75) is 0 Å². The van der Waals surface area contributed by atoms with Crippen LogP contribution >= 0.6 is 15.9 Å². The van der Waals surface area contributed by atoms with Crippen LogP contribution < -0.4 is 5.32 Å². The number of rotatable bonds is 3. The number of phenols is 1. The van der Waals surface area contributed by atoms with Gasteiger partial charge in [0.05, 0.1) is 16.6 Å². The van der Waals surface area contributed by atoms with Crippen molar-refractivity contribution < 1.29 is 14.8 Å². The molecule has 1 amide bonds. The first-order valence-electron chi connectivity index (χ1n) is 5.38. The highest BCUT2D eigenvalue weighted by molar-refractivity contribution is 9.10. The van der Waals surface area contributed by atoms with E-state index in [0.717, 1.165) is 6.07 Å². The van der Waals surface area contributed by atoms with Crippen molar-refractivity contribution in [3.8, 4) is 5.75 Å². The smallest absolute Gasteiger partial charge is 0.296 e. The van der Waals surface area contributed by atoms with E-state index in [-0.39, 0.29) is 17.0 Å². The van der Waals surface area contributed by atoms with Crippen molar-refractivity contribution >= 4 is 33.2 Å². The van der Waals surface area contributed by atoms with Crippen molar-refractivity contribution in [2.24, 2.45) is 0 Å². The number of phenolic OH excluding ortho intramolecular Hbond substituents is 1. The minimum atomic E-state index is -0.687. The highest BCUT2D eigenvalue weighted by atomic mass is 79.9. The van der Waals surface area contributed by atoms with Gasteiger partial charge in [-0.15, -0.1) is 0 Å². The summed E-state index contributed by atoms with van der Waals surface area (Å²) in [5.74, 6) is -0.795. The Morgan fingerprint density at radius 2 is 2.15 bits per heavy atom. The fourth-order valence-corrected chi connectivity index (χ4v) is 1.95. The molecule has 0 aliphatic rings. The zero-order chi connectivity index (χ0) is 14.7. The summed E-state index contributed by atoms with van der Waals surface area (Å²) in [5.41, 5.74) is -0.151. The molecule has 1 aromatic heterocycles. The molecule has 2 aromatic rings. The van der Waals surface area contributed by atoms with Crippen LogP contribution in [-0.2, 0) is 0 Å². The van der Waals surface area contributed by atoms with E-state index in [1.165, 1.54) is 24.4 Å². The Labute approximate surface area is 121 Å². The summed E-state index contributed by atoms with van der Waals surface area (Å²) in [6, 6.07) is 6.58. The second-order valence-corrected chi connectivity index (χ2v) is 4.51. The quantitative estimate of drug-likeness (QED) is 0.387. The number of amides is 1. The number of hydrogen-bond acceptors (Lipinski definition) is 5. The van der Waals surface area contributed by atoms with Gasteiger partial charge in [0, 0.05) is 6.20 Å². The molecule has 0 bridgehead atoms. The first-order valence-corrected chi connectivity index (χ1v) is 6.17. The monoisotopic (exact) mass is 337 g/mol. The number of anilines is 1. The minimum absolute atomic E-state index is 0.00597. The van der Waals surface area contributed by atoms with Crippen molar-refractivity contribution in [2.75, 3.05) is 5.32 Å². The molecular weight excluding hydrogens is 330 g/mol. The Kier molecular flexibility index (Phi) is 3.94. The number of aromatic hydroxyl groups is 1. The van der Waals surface area contributed by atoms with E-state index in [4.69, 9.17) is 0 Å². The maximum atomic E-state index is 12.0. The molecule has 0 aliphatic carbocycles. The predicted octanol–water partition coefficient (Wildman–Crippen LogP) is 2.71. The van der Waals surface area contributed by atoms with E-state index in [2.05, 4.69) is 26.2 Å². The average Bonchev–Trinajstić information content (AvgIpc) is 2.41. The molecular formula is C12H8BrN3O4. The van der Waals surface area contributed by atoms with E-state index in [1.54, 1.807) is 6.07 Å². The van der Waals surface area contributed by atoms with Gasteiger partial charge in [0.1, 0.15) is 16.0 Å². The number of nitrogens with zero attached hydrogens (tertiary/aromatic N) is 2. The van der Waals surface area contributed by atoms with Gasteiger partial charge >= 0.3 is 0 Å². The Balaban J connectivity index is 2.33. The molecule has 0 atom stereocenters. The number of nitrogens with one attached hydrogen (secondary N) is 1. The van der Waals surface area contributed by atoms with Crippen molar-refractivity contribution in [3.05, 3.63) is 56.8 Å². The van der Waals surface area contributed by atoms with Crippen molar-refractivity contribution in [1.29, 1.82) is 0 Å². The lowest BCUT2D eigenvalue weighted by Gasteiger charge is -2.07. The number of pyridine rings is 1. The van der Waals surface area contributed by atoms with Crippen LogP contribution in [-0.4, -0.2) is 20.9 Å². The molecule has 102 valence electrons. The molecule has 0 radical (unpaired) electrons. The van der Waals surface area contributed by atoms with Gasteiger partial charge in [0.25, 0.3) is 11.6 Å². The van der Waals surface area contributed by atoms with E-state index < -0.39 is 16.5 Å². The Morgan fingerprint density at radius 3 is 2.80 bits per heavy atom. The largest absolute Gasteiger partial charge is 0.508 e. The van der Waals surface area contributed by atoms with Gasteiger partial charge in [-0.3, -0.25) is 14.9 Å². The summed E-state index contributed by atoms with van der Waals surface area (Å²) in [5, 5.41) is 22.5. The molecule has 20 heavy (non-hydrogen) atoms. The van der Waals surface area contributed by atoms with Crippen LogP contribution in [0.4, 0.5) is 11.4 Å². The summed E-state index contributed by atoms with van der Waals surface area (Å²) in [7, 11) is 0. The molecule has 0 saturated carbocycles. The summed E-state index contributed by atoms with van der Waals surface area (Å²) >= 11 is 3.12. The van der Waals surface area contributed by atoms with Gasteiger partial charge in [-0.1, -0.05) is 0 Å². The Bertz CT molecular complexity index is 690. The lowest BCUT2D eigenvalue weighted by molar-refractivity contribution is -0.384. The van der Waals surface area contributed by atoms with Crippen LogP contribution in [0.15, 0.2) is 41.1 Å². The van der Waals surface area contributed by atoms with E-state index in [0.29, 0.717) is 4.60 Å². The third kappa shape index (κ3) is 2.91. The number of carbonyl (C=O) groups is 1. The molecule has 7 nitrogen and oxygen atoms in total. The summed E-state index contributed by atoms with van der Waals surface area (Å²) in [6.45, 7) is 0. The molecule has 1 heterocycles. The highest BCUT2D eigenvalue weighted by Crippen LogP contribution is 2.29. The second kappa shape index (κ2) is 5.66. The molecule has 0 fully saturated rings. The molecule has 2 rings (SSSR count). The van der Waals surface area contributed by atoms with Crippen LogP contribution in [0.2, 0.25) is 0 Å². The fraction of sp³-hybridized carbons (Fsp3) is 0. The first-order chi connectivity index (χ1) is 9.49. The van der Waals surface area contributed by atoms with E-state index in [9.17, 15) is 20.0 Å². The van der Waals surface area contributed by atoms with Gasteiger partial charge < -0.3 is 10.4 Å². The van der Waals surface area contributed by atoms with Gasteiger partial charge in [0.2, 0.25) is 0 Å². The first kappa shape index (κ1) is 13.9. The summed E-state index contributed by atoms with van der Waals surface area (Å²) in [4.78, 5) is 26.1. The Morgan fingerprint density at radius 1 is 1.40 bits per heavy atom. The third-order valence-electron chi connectivity index (χ3n) is 2.43. The number of nitro groups is 1. The number of nitro benzene ring substituents is 1. The highest BCUT2D eigenvalue weighted by Gasteiger charge is 2.18. The molecule has 0 spiro atoms. The zero-order valence-corrected chi connectivity index (χ0v) is 11.5. The Hall–Kier alpha value is -2.48. The molecule has 0 unspecified atom stereocenters. The predicted molar refractivity (Wildman–Crippen MR) is 74.7 cm³/mol. The maximum Gasteiger partial charge on any atom is 0.296 e. The standard InChI is InChI=1S/C12H8BrN3O4/c13-11-8(2-1-5-14-11)12(18)15-9-4-3-7(17)6-10(9)16(19)20/h1-6,17H,(H,15,18). The minimum Gasteiger partial charge on any atom is -0.508 e. The van der Waals surface area contributed by atoms with E-state index >= 15 is 0 Å². The molecule has 0 aliphatic heterocycles. The van der Waals surface area contributed by atoms with Crippen LogP contribution in [0.5, 0.6) is 5.75 Å². The van der Waals surface area contributed by atoms with Crippen LogP contribution in [0.3, 0.4) is 0 Å². The van der Waals surface area contributed by atoms with E-state index in [1.807, 2.05) is 0 Å². The lowest BCUT2D eigenvalue weighted by atomic mass is 10.2. The lowest BCUT2D eigenvalue weighted by Crippen LogP contribution is -2.14. The third-order valence-corrected chi connectivity index (χ3v) is 3.06. The number of carbonyl (C=O) groups excluding carboxylic acids is 1. The SMILES string of the molecule is O=C(Nc1ccc(O)cc1[N+](=O)[O-])c1cccnc1Br. The number of benzene rings is 1. The topological polar surface area (TPSA) is 105 Å². The zero-order valence-electron chi connectivity index (χ0n) is 9.91. The van der Waals surface area contributed by atoms with Crippen molar-refractivity contribution in [1.82, 2.24) is 4.98 Å². The molecule has 1 aromatic carbocycles. The maximum absolute atomic E-state index is 12.0. The summed E-state index contributed by atoms with van der Waals surface area (Å²) in [6.07, 6.45) is 1.50. The second-order valence-electron chi connectivity index (χ2n) is 3.75. The van der Waals surface area contributed by atoms with Gasteiger partial charge in [-0.25, -0.2) is 4.98 Å². The molecule has 8 heteroatoms. The van der Waals surface area contributed by atoms with Crippen LogP contribution in [0.25, 0.3) is 0 Å². The van der Waals surface area contributed by atoms with Gasteiger partial charge in [-0.2, -0.15) is 0 Å². The number of aromatic nitrogens is 1. The van der Waals surface area contributed by atoms with Gasteiger partial charge in [0.15, 0.2) is 0 Å². The van der Waals surface area contributed by atoms with Gasteiger partial charge in [-0.05, 0) is 40.2 Å². The number of halogens is 1. The van der Waals surface area contributed by atoms with Crippen LogP contribution in [0.1, 0.15) is 10.4 Å². The van der Waals surface area contributed by atoms with Crippen molar-refractivity contribution in [3.63, 3.8) is 0 Å². The summed E-state index contributed by atoms with van der Waals surface area (Å²) < 4.78 is 0.332. The molecule has 2 N–H and O–H groups in total.